The highest BCUT2D eigenvalue weighted by molar-refractivity contribution is 5.74. The van der Waals surface area contributed by atoms with Gasteiger partial charge in [0, 0.05) is 19.1 Å². The van der Waals surface area contributed by atoms with Crippen molar-refractivity contribution >= 4 is 6.03 Å². The number of rotatable bonds is 3. The van der Waals surface area contributed by atoms with Crippen LogP contribution in [0.25, 0.3) is 0 Å². The predicted octanol–water partition coefficient (Wildman–Crippen LogP) is 2.62. The fourth-order valence-corrected chi connectivity index (χ4v) is 2.43. The summed E-state index contributed by atoms with van der Waals surface area (Å²) in [5.74, 6) is 1.67. The van der Waals surface area contributed by atoms with Crippen molar-refractivity contribution in [2.75, 3.05) is 13.1 Å². The molecule has 0 bridgehead atoms. The third-order valence-corrected chi connectivity index (χ3v) is 3.82. The lowest BCUT2D eigenvalue weighted by Gasteiger charge is -2.31. The van der Waals surface area contributed by atoms with Gasteiger partial charge in [-0.15, -0.1) is 0 Å². The molecule has 0 aromatic carbocycles. The van der Waals surface area contributed by atoms with E-state index in [0.29, 0.717) is 6.04 Å². The van der Waals surface area contributed by atoms with E-state index in [1.807, 2.05) is 4.90 Å². The lowest BCUT2D eigenvalue weighted by Crippen LogP contribution is -2.47. The van der Waals surface area contributed by atoms with Gasteiger partial charge in [-0.05, 0) is 38.0 Å². The summed E-state index contributed by atoms with van der Waals surface area (Å²) in [7, 11) is 0. The van der Waals surface area contributed by atoms with Crippen LogP contribution < -0.4 is 5.32 Å². The quantitative estimate of drug-likeness (QED) is 0.785. The maximum atomic E-state index is 11.9. The zero-order valence-corrected chi connectivity index (χ0v) is 10.5. The molecule has 0 aromatic heterocycles. The van der Waals surface area contributed by atoms with Crippen LogP contribution in [0.1, 0.15) is 46.0 Å². The smallest absolute Gasteiger partial charge is 0.317 e. The van der Waals surface area contributed by atoms with Crippen LogP contribution in [0.15, 0.2) is 0 Å². The molecule has 1 saturated carbocycles. The van der Waals surface area contributed by atoms with Gasteiger partial charge in [-0.3, -0.25) is 0 Å². The molecular formula is C13H24N2O. The molecule has 2 rings (SSSR count). The Morgan fingerprint density at radius 2 is 1.94 bits per heavy atom. The monoisotopic (exact) mass is 224 g/mol. The molecule has 2 fully saturated rings. The van der Waals surface area contributed by atoms with Crippen LogP contribution in [0.2, 0.25) is 0 Å². The van der Waals surface area contributed by atoms with Crippen molar-refractivity contribution in [3.8, 4) is 0 Å². The Morgan fingerprint density at radius 3 is 2.50 bits per heavy atom. The number of amides is 2. The standard InChI is InChI=1S/C13H24N2O/c1-10-5-7-15(8-6-10)13(16)14-11(2)9-12-3-4-12/h10-12H,3-9H2,1-2H3,(H,14,16). The molecule has 0 spiro atoms. The molecule has 3 nitrogen and oxygen atoms in total. The summed E-state index contributed by atoms with van der Waals surface area (Å²) in [6.07, 6.45) is 6.20. The number of nitrogens with zero attached hydrogens (tertiary/aromatic N) is 1. The second kappa shape index (κ2) is 5.07. The Kier molecular flexibility index (Phi) is 3.72. The molecular weight excluding hydrogens is 200 g/mol. The number of carbonyl (C=O) groups excluding carboxylic acids is 1. The molecule has 3 heteroatoms. The molecule has 92 valence electrons. The summed E-state index contributed by atoms with van der Waals surface area (Å²) >= 11 is 0. The minimum absolute atomic E-state index is 0.153. The molecule has 0 radical (unpaired) electrons. The number of urea groups is 1. The van der Waals surface area contributed by atoms with Gasteiger partial charge in [0.2, 0.25) is 0 Å². The van der Waals surface area contributed by atoms with Gasteiger partial charge in [-0.2, -0.15) is 0 Å². The third kappa shape index (κ3) is 3.39. The first-order valence-corrected chi connectivity index (χ1v) is 6.70. The van der Waals surface area contributed by atoms with Gasteiger partial charge >= 0.3 is 6.03 Å². The SMILES string of the molecule is CC1CCN(C(=O)NC(C)CC2CC2)CC1. The molecule has 1 saturated heterocycles. The molecule has 2 aliphatic rings. The fraction of sp³-hybridized carbons (Fsp3) is 0.923. The van der Waals surface area contributed by atoms with Gasteiger partial charge in [0.05, 0.1) is 0 Å². The Labute approximate surface area is 98.6 Å². The van der Waals surface area contributed by atoms with Gasteiger partial charge in [0.25, 0.3) is 0 Å². The van der Waals surface area contributed by atoms with Crippen LogP contribution in [0, 0.1) is 11.8 Å². The molecule has 2 amide bonds. The molecule has 0 aromatic rings. The Bertz CT molecular complexity index is 242. The van der Waals surface area contributed by atoms with Gasteiger partial charge in [-0.25, -0.2) is 4.79 Å². The maximum absolute atomic E-state index is 11.9. The zero-order valence-electron chi connectivity index (χ0n) is 10.5. The van der Waals surface area contributed by atoms with E-state index in [1.165, 1.54) is 12.8 Å². The second-order valence-corrected chi connectivity index (χ2v) is 5.70. The van der Waals surface area contributed by atoms with Crippen LogP contribution in [0.3, 0.4) is 0 Å². The first-order chi connectivity index (χ1) is 7.65. The number of hydrogen-bond donors (Lipinski definition) is 1. The number of likely N-dealkylation sites (tertiary alicyclic amines) is 1. The fourth-order valence-electron chi connectivity index (χ4n) is 2.43. The predicted molar refractivity (Wildman–Crippen MR) is 65.3 cm³/mol. The lowest BCUT2D eigenvalue weighted by molar-refractivity contribution is 0.170. The lowest BCUT2D eigenvalue weighted by atomic mass is 10.00. The molecule has 1 atom stereocenters. The third-order valence-electron chi connectivity index (χ3n) is 3.82. The van der Waals surface area contributed by atoms with Gasteiger partial charge in [-0.1, -0.05) is 19.8 Å². The first-order valence-electron chi connectivity index (χ1n) is 6.70. The Hall–Kier alpha value is -0.730. The van der Waals surface area contributed by atoms with Gasteiger partial charge in [0.1, 0.15) is 0 Å². The second-order valence-electron chi connectivity index (χ2n) is 5.70. The van der Waals surface area contributed by atoms with Crippen molar-refractivity contribution < 1.29 is 4.79 Å². The van der Waals surface area contributed by atoms with E-state index in [9.17, 15) is 4.79 Å². The highest BCUT2D eigenvalue weighted by Gasteiger charge is 2.26. The van der Waals surface area contributed by atoms with Crippen LogP contribution in [-0.2, 0) is 0 Å². The molecule has 1 aliphatic carbocycles. The summed E-state index contributed by atoms with van der Waals surface area (Å²) in [5, 5.41) is 3.12. The van der Waals surface area contributed by atoms with Crippen molar-refractivity contribution in [1.82, 2.24) is 10.2 Å². The van der Waals surface area contributed by atoms with E-state index in [-0.39, 0.29) is 6.03 Å². The van der Waals surface area contributed by atoms with Crippen LogP contribution >= 0.6 is 0 Å². The molecule has 1 N–H and O–H groups in total. The summed E-state index contributed by atoms with van der Waals surface area (Å²) in [4.78, 5) is 13.9. The minimum atomic E-state index is 0.153. The van der Waals surface area contributed by atoms with Gasteiger partial charge < -0.3 is 10.2 Å². The maximum Gasteiger partial charge on any atom is 0.317 e. The number of carbonyl (C=O) groups is 1. The number of piperidine rings is 1. The average molecular weight is 224 g/mol. The van der Waals surface area contributed by atoms with Crippen molar-refractivity contribution in [1.29, 1.82) is 0 Å². The van der Waals surface area contributed by atoms with Crippen LogP contribution in [-0.4, -0.2) is 30.1 Å². The zero-order chi connectivity index (χ0) is 11.5. The topological polar surface area (TPSA) is 32.3 Å². The summed E-state index contributed by atoms with van der Waals surface area (Å²) in [6.45, 7) is 6.26. The number of hydrogen-bond acceptors (Lipinski definition) is 1. The molecule has 1 aliphatic heterocycles. The van der Waals surface area contributed by atoms with Gasteiger partial charge in [0.15, 0.2) is 0 Å². The van der Waals surface area contributed by atoms with E-state index in [4.69, 9.17) is 0 Å². The average Bonchev–Trinajstić information content (AvgIpc) is 3.02. The van der Waals surface area contributed by atoms with Crippen LogP contribution in [0.5, 0.6) is 0 Å². The highest BCUT2D eigenvalue weighted by atomic mass is 16.2. The summed E-state index contributed by atoms with van der Waals surface area (Å²) in [5.41, 5.74) is 0. The van der Waals surface area contributed by atoms with E-state index in [2.05, 4.69) is 19.2 Å². The largest absolute Gasteiger partial charge is 0.336 e. The molecule has 1 heterocycles. The summed E-state index contributed by atoms with van der Waals surface area (Å²) in [6, 6.07) is 0.499. The van der Waals surface area contributed by atoms with Crippen molar-refractivity contribution in [2.45, 2.75) is 52.0 Å². The Morgan fingerprint density at radius 1 is 1.31 bits per heavy atom. The van der Waals surface area contributed by atoms with E-state index in [0.717, 1.165) is 44.2 Å². The first kappa shape index (κ1) is 11.7. The molecule has 16 heavy (non-hydrogen) atoms. The Balaban J connectivity index is 1.69. The number of nitrogens with one attached hydrogen (secondary N) is 1. The van der Waals surface area contributed by atoms with E-state index < -0.39 is 0 Å². The van der Waals surface area contributed by atoms with Crippen LogP contribution in [0.4, 0.5) is 4.79 Å². The highest BCUT2D eigenvalue weighted by Crippen LogP contribution is 2.33. The van der Waals surface area contributed by atoms with Crippen molar-refractivity contribution in [3.63, 3.8) is 0 Å². The van der Waals surface area contributed by atoms with E-state index in [1.54, 1.807) is 0 Å². The van der Waals surface area contributed by atoms with E-state index >= 15 is 0 Å². The summed E-state index contributed by atoms with van der Waals surface area (Å²) < 4.78 is 0. The normalized spacial score (nSPS) is 24.2. The van der Waals surface area contributed by atoms with Crippen molar-refractivity contribution in [2.24, 2.45) is 11.8 Å². The van der Waals surface area contributed by atoms with Crippen molar-refractivity contribution in [3.05, 3.63) is 0 Å². The minimum Gasteiger partial charge on any atom is -0.336 e. The molecule has 1 unspecified atom stereocenters.